The van der Waals surface area contributed by atoms with Gasteiger partial charge in [0.1, 0.15) is 0 Å². The van der Waals surface area contributed by atoms with Gasteiger partial charge in [-0.1, -0.05) is 30.3 Å². The van der Waals surface area contributed by atoms with Crippen LogP contribution in [0.25, 0.3) is 0 Å². The number of nitrogens with zero attached hydrogens (tertiary/aromatic N) is 4. The highest BCUT2D eigenvalue weighted by atomic mass is 16.2. The molecule has 33 heavy (non-hydrogen) atoms. The van der Waals surface area contributed by atoms with E-state index in [2.05, 4.69) is 92.3 Å². The molecule has 0 unspecified atom stereocenters. The molecular formula is C27H33N5O. The maximum atomic E-state index is 12.7. The molecule has 1 N–H and O–H groups in total. The van der Waals surface area contributed by atoms with Crippen molar-refractivity contribution in [1.29, 1.82) is 0 Å². The lowest BCUT2D eigenvalue weighted by molar-refractivity contribution is -0.118. The Balaban J connectivity index is 1.10. The summed E-state index contributed by atoms with van der Waals surface area (Å²) in [7, 11) is 0. The van der Waals surface area contributed by atoms with E-state index >= 15 is 0 Å². The van der Waals surface area contributed by atoms with Gasteiger partial charge in [-0.3, -0.25) is 14.6 Å². The third-order valence-electron chi connectivity index (χ3n) is 6.95. The highest BCUT2D eigenvalue weighted by Gasteiger charge is 2.25. The van der Waals surface area contributed by atoms with Crippen LogP contribution in [-0.2, 0) is 17.9 Å². The van der Waals surface area contributed by atoms with E-state index in [1.54, 1.807) is 0 Å². The molecular weight excluding hydrogens is 410 g/mol. The molecule has 0 saturated carbocycles. The first-order chi connectivity index (χ1) is 16.2. The van der Waals surface area contributed by atoms with Crippen molar-refractivity contribution < 1.29 is 4.79 Å². The molecule has 6 heteroatoms. The van der Waals surface area contributed by atoms with Crippen molar-refractivity contribution >= 4 is 17.3 Å². The molecule has 3 heterocycles. The standard InChI is InChI=1S/C27H33N5O/c1-22-26-8-5-13-31(26)18-19-32(22)21-27(33)28-24-9-11-25(12-10-24)30-16-14-29(15-17-30)20-23-6-3-2-4-7-23/h2-13,22H,14-21H2,1H3,(H,28,33)/t22-/m1/s1. The normalized spacial score (nSPS) is 19.3. The van der Waals surface area contributed by atoms with E-state index in [0.717, 1.165) is 51.5 Å². The Kier molecular flexibility index (Phi) is 6.46. The second-order valence-electron chi connectivity index (χ2n) is 9.12. The number of fused-ring (bicyclic) bond motifs is 1. The van der Waals surface area contributed by atoms with Crippen LogP contribution in [-0.4, -0.2) is 59.5 Å². The second-order valence-corrected chi connectivity index (χ2v) is 9.12. The highest BCUT2D eigenvalue weighted by Crippen LogP contribution is 2.25. The molecule has 0 spiro atoms. The SMILES string of the molecule is C[C@@H]1c2cccn2CCN1CC(=O)Nc1ccc(N2CCN(Cc3ccccc3)CC2)cc1. The summed E-state index contributed by atoms with van der Waals surface area (Å²) in [6, 6.07) is 23.5. The van der Waals surface area contributed by atoms with Gasteiger partial charge in [-0.25, -0.2) is 0 Å². The number of amides is 1. The maximum absolute atomic E-state index is 12.7. The minimum Gasteiger partial charge on any atom is -0.369 e. The molecule has 0 aliphatic carbocycles. The van der Waals surface area contributed by atoms with Gasteiger partial charge in [0, 0.05) is 75.1 Å². The van der Waals surface area contributed by atoms with E-state index in [-0.39, 0.29) is 11.9 Å². The zero-order valence-electron chi connectivity index (χ0n) is 19.4. The highest BCUT2D eigenvalue weighted by molar-refractivity contribution is 5.92. The summed E-state index contributed by atoms with van der Waals surface area (Å²) in [6.07, 6.45) is 2.12. The van der Waals surface area contributed by atoms with Gasteiger partial charge in [-0.2, -0.15) is 0 Å². The minimum atomic E-state index is 0.0455. The lowest BCUT2D eigenvalue weighted by Gasteiger charge is -2.36. The number of nitrogens with one attached hydrogen (secondary N) is 1. The molecule has 5 rings (SSSR count). The van der Waals surface area contributed by atoms with Crippen molar-refractivity contribution in [3.63, 3.8) is 0 Å². The quantitative estimate of drug-likeness (QED) is 0.629. The number of rotatable bonds is 6. The molecule has 1 aromatic heterocycles. The number of hydrogen-bond acceptors (Lipinski definition) is 4. The average molecular weight is 444 g/mol. The lowest BCUT2D eigenvalue weighted by atomic mass is 10.1. The summed E-state index contributed by atoms with van der Waals surface area (Å²) < 4.78 is 2.28. The molecule has 172 valence electrons. The first-order valence-corrected chi connectivity index (χ1v) is 12.0. The summed E-state index contributed by atoms with van der Waals surface area (Å²) in [5.41, 5.74) is 4.73. The summed E-state index contributed by atoms with van der Waals surface area (Å²) in [5.74, 6) is 0.0455. The molecule has 3 aromatic rings. The Morgan fingerprint density at radius 2 is 1.64 bits per heavy atom. The van der Waals surface area contributed by atoms with Crippen LogP contribution < -0.4 is 10.2 Å². The van der Waals surface area contributed by atoms with Crippen molar-refractivity contribution in [2.75, 3.05) is 49.5 Å². The van der Waals surface area contributed by atoms with Crippen LogP contribution in [0, 0.1) is 0 Å². The fourth-order valence-electron chi connectivity index (χ4n) is 4.99. The predicted molar refractivity (Wildman–Crippen MR) is 133 cm³/mol. The largest absolute Gasteiger partial charge is 0.369 e. The number of benzene rings is 2. The van der Waals surface area contributed by atoms with Crippen molar-refractivity contribution in [3.8, 4) is 0 Å². The van der Waals surface area contributed by atoms with Crippen LogP contribution in [0.4, 0.5) is 11.4 Å². The summed E-state index contributed by atoms with van der Waals surface area (Å²) >= 11 is 0. The number of hydrogen-bond donors (Lipinski definition) is 1. The first kappa shape index (κ1) is 21.7. The van der Waals surface area contributed by atoms with Gasteiger partial charge < -0.3 is 14.8 Å². The van der Waals surface area contributed by atoms with Crippen LogP contribution in [0.1, 0.15) is 24.2 Å². The van der Waals surface area contributed by atoms with Gasteiger partial charge in [0.2, 0.25) is 5.91 Å². The van der Waals surface area contributed by atoms with Gasteiger partial charge in [0.15, 0.2) is 0 Å². The fourth-order valence-corrected chi connectivity index (χ4v) is 4.99. The maximum Gasteiger partial charge on any atom is 0.238 e. The van der Waals surface area contributed by atoms with E-state index in [1.165, 1.54) is 16.9 Å². The van der Waals surface area contributed by atoms with Gasteiger partial charge in [0.05, 0.1) is 6.54 Å². The van der Waals surface area contributed by atoms with Crippen LogP contribution in [0.5, 0.6) is 0 Å². The van der Waals surface area contributed by atoms with Crippen molar-refractivity contribution in [2.45, 2.75) is 26.1 Å². The molecule has 1 saturated heterocycles. The monoisotopic (exact) mass is 443 g/mol. The van der Waals surface area contributed by atoms with E-state index < -0.39 is 0 Å². The summed E-state index contributed by atoms with van der Waals surface area (Å²) in [4.78, 5) is 19.9. The molecule has 0 bridgehead atoms. The van der Waals surface area contributed by atoms with Gasteiger partial charge in [-0.05, 0) is 48.9 Å². The van der Waals surface area contributed by atoms with Crippen LogP contribution in [0.2, 0.25) is 0 Å². The number of carbonyl (C=O) groups excluding carboxylic acids is 1. The Morgan fingerprint density at radius 3 is 2.39 bits per heavy atom. The number of carbonyl (C=O) groups is 1. The molecule has 6 nitrogen and oxygen atoms in total. The summed E-state index contributed by atoms with van der Waals surface area (Å²) in [6.45, 7) is 9.60. The minimum absolute atomic E-state index is 0.0455. The third kappa shape index (κ3) is 5.13. The fraction of sp³-hybridized carbons (Fsp3) is 0.370. The van der Waals surface area contributed by atoms with Crippen molar-refractivity contribution in [2.24, 2.45) is 0 Å². The van der Waals surface area contributed by atoms with E-state index in [0.29, 0.717) is 6.54 Å². The molecule has 2 aliphatic heterocycles. The molecule has 0 radical (unpaired) electrons. The molecule has 2 aromatic carbocycles. The van der Waals surface area contributed by atoms with Gasteiger partial charge in [0.25, 0.3) is 0 Å². The van der Waals surface area contributed by atoms with E-state index in [9.17, 15) is 4.79 Å². The lowest BCUT2D eigenvalue weighted by Crippen LogP contribution is -2.45. The Labute approximate surface area is 196 Å². The smallest absolute Gasteiger partial charge is 0.238 e. The molecule has 1 amide bonds. The molecule has 1 fully saturated rings. The van der Waals surface area contributed by atoms with Gasteiger partial charge >= 0.3 is 0 Å². The first-order valence-electron chi connectivity index (χ1n) is 12.0. The molecule has 2 aliphatic rings. The molecule has 1 atom stereocenters. The van der Waals surface area contributed by atoms with Crippen LogP contribution in [0.3, 0.4) is 0 Å². The third-order valence-corrected chi connectivity index (χ3v) is 6.95. The Bertz CT molecular complexity index is 1050. The van der Waals surface area contributed by atoms with E-state index in [1.807, 2.05) is 12.1 Å². The van der Waals surface area contributed by atoms with Gasteiger partial charge in [-0.15, -0.1) is 0 Å². The van der Waals surface area contributed by atoms with Crippen molar-refractivity contribution in [1.82, 2.24) is 14.4 Å². The topological polar surface area (TPSA) is 43.8 Å². The zero-order chi connectivity index (χ0) is 22.6. The average Bonchev–Trinajstić information content (AvgIpc) is 3.32. The van der Waals surface area contributed by atoms with Crippen LogP contribution in [0.15, 0.2) is 72.9 Å². The predicted octanol–water partition coefficient (Wildman–Crippen LogP) is 3.83. The number of anilines is 2. The Morgan fingerprint density at radius 1 is 0.879 bits per heavy atom. The van der Waals surface area contributed by atoms with Crippen molar-refractivity contribution in [3.05, 3.63) is 84.2 Å². The zero-order valence-corrected chi connectivity index (χ0v) is 19.4. The van der Waals surface area contributed by atoms with Crippen LogP contribution >= 0.6 is 0 Å². The second kappa shape index (κ2) is 9.81. The summed E-state index contributed by atoms with van der Waals surface area (Å²) in [5, 5.41) is 3.08. The number of aromatic nitrogens is 1. The van der Waals surface area contributed by atoms with E-state index in [4.69, 9.17) is 0 Å². The number of piperazine rings is 1. The Hall–Kier alpha value is -3.09.